The van der Waals surface area contributed by atoms with Crippen molar-refractivity contribution in [2.45, 2.75) is 58.9 Å². The quantitative estimate of drug-likeness (QED) is 0.824. The van der Waals surface area contributed by atoms with E-state index in [2.05, 4.69) is 26.1 Å². The minimum absolute atomic E-state index is 0.00467. The molecule has 0 aromatic heterocycles. The monoisotopic (exact) mass is 270 g/mol. The Labute approximate surface area is 115 Å². The molecule has 2 N–H and O–H groups in total. The minimum Gasteiger partial charge on any atom is -0.481 e. The second-order valence-corrected chi connectivity index (χ2v) is 6.56. The number of amides is 2. The van der Waals surface area contributed by atoms with Crippen molar-refractivity contribution < 1.29 is 14.7 Å². The van der Waals surface area contributed by atoms with Gasteiger partial charge in [-0.25, -0.2) is 4.79 Å². The number of carboxylic acids is 1. The van der Waals surface area contributed by atoms with Gasteiger partial charge in [0.2, 0.25) is 0 Å². The van der Waals surface area contributed by atoms with E-state index in [1.54, 1.807) is 4.90 Å². The number of hydrogen-bond donors (Lipinski definition) is 2. The second-order valence-electron chi connectivity index (χ2n) is 6.56. The number of likely N-dealkylation sites (tertiary alicyclic amines) is 1. The first-order valence-electron chi connectivity index (χ1n) is 7.05. The molecule has 1 fully saturated rings. The number of carbonyl (C=O) groups excluding carboxylic acids is 1. The molecule has 5 heteroatoms. The molecule has 0 aromatic carbocycles. The summed E-state index contributed by atoms with van der Waals surface area (Å²) in [4.78, 5) is 24.8. The van der Waals surface area contributed by atoms with E-state index in [4.69, 9.17) is 5.11 Å². The van der Waals surface area contributed by atoms with Crippen molar-refractivity contribution in [2.24, 2.45) is 5.41 Å². The van der Waals surface area contributed by atoms with Crippen molar-refractivity contribution in [3.8, 4) is 0 Å². The van der Waals surface area contributed by atoms with Crippen LogP contribution in [0.2, 0.25) is 0 Å². The molecule has 1 rings (SSSR count). The van der Waals surface area contributed by atoms with Crippen molar-refractivity contribution in [1.29, 1.82) is 0 Å². The summed E-state index contributed by atoms with van der Waals surface area (Å²) >= 11 is 0. The maximum atomic E-state index is 12.1. The van der Waals surface area contributed by atoms with E-state index >= 15 is 0 Å². The second kappa shape index (κ2) is 6.78. The zero-order chi connectivity index (χ0) is 14.5. The Balaban J connectivity index is 2.54. The van der Waals surface area contributed by atoms with Crippen LogP contribution in [0.3, 0.4) is 0 Å². The van der Waals surface area contributed by atoms with Gasteiger partial charge in [-0.1, -0.05) is 20.8 Å². The molecule has 0 saturated carbocycles. The third-order valence-electron chi connectivity index (χ3n) is 3.25. The Kier molecular flexibility index (Phi) is 5.63. The van der Waals surface area contributed by atoms with Crippen molar-refractivity contribution in [3.05, 3.63) is 0 Å². The van der Waals surface area contributed by atoms with Crippen LogP contribution in [0.5, 0.6) is 0 Å². The summed E-state index contributed by atoms with van der Waals surface area (Å²) in [7, 11) is 0. The first kappa shape index (κ1) is 15.8. The number of carboxylic acid groups (broad SMARTS) is 1. The third-order valence-corrected chi connectivity index (χ3v) is 3.25. The number of nitrogens with one attached hydrogen (secondary N) is 1. The van der Waals surface area contributed by atoms with Crippen molar-refractivity contribution in [1.82, 2.24) is 10.2 Å². The smallest absolute Gasteiger partial charge is 0.317 e. The van der Waals surface area contributed by atoms with Gasteiger partial charge in [-0.3, -0.25) is 4.79 Å². The molecule has 1 saturated heterocycles. The molecule has 2 amide bonds. The summed E-state index contributed by atoms with van der Waals surface area (Å²) in [5.74, 6) is -0.867. The maximum absolute atomic E-state index is 12.1. The average Bonchev–Trinajstić information content (AvgIpc) is 2.26. The summed E-state index contributed by atoms with van der Waals surface area (Å²) in [6.45, 7) is 7.71. The number of urea groups is 1. The Hall–Kier alpha value is -1.26. The fourth-order valence-electron chi connectivity index (χ4n) is 2.49. The van der Waals surface area contributed by atoms with Crippen LogP contribution in [0.1, 0.15) is 52.9 Å². The summed E-state index contributed by atoms with van der Waals surface area (Å²) in [5, 5.41) is 11.8. The summed E-state index contributed by atoms with van der Waals surface area (Å²) in [6.07, 6.45) is 3.90. The Bertz CT molecular complexity index is 317. The lowest BCUT2D eigenvalue weighted by Crippen LogP contribution is -2.48. The van der Waals surface area contributed by atoms with Gasteiger partial charge in [0.15, 0.2) is 0 Å². The van der Waals surface area contributed by atoms with Gasteiger partial charge in [0.25, 0.3) is 0 Å². The summed E-state index contributed by atoms with van der Waals surface area (Å²) in [6, 6.07) is -0.415. The normalized spacial score (nSPS) is 17.9. The molecule has 1 unspecified atom stereocenters. The molecule has 0 bridgehead atoms. The van der Waals surface area contributed by atoms with Gasteiger partial charge in [-0.15, -0.1) is 0 Å². The van der Waals surface area contributed by atoms with Crippen LogP contribution >= 0.6 is 0 Å². The van der Waals surface area contributed by atoms with Gasteiger partial charge in [0.05, 0.1) is 6.42 Å². The first-order valence-corrected chi connectivity index (χ1v) is 7.05. The Morgan fingerprint density at radius 3 is 2.26 bits per heavy atom. The predicted molar refractivity (Wildman–Crippen MR) is 74.1 cm³/mol. The molecule has 5 nitrogen and oxygen atoms in total. The molecule has 0 aromatic rings. The number of piperidine rings is 1. The highest BCUT2D eigenvalue weighted by Gasteiger charge is 2.25. The number of rotatable bonds is 4. The van der Waals surface area contributed by atoms with Crippen LogP contribution in [-0.2, 0) is 4.79 Å². The van der Waals surface area contributed by atoms with E-state index in [1.807, 2.05) is 0 Å². The van der Waals surface area contributed by atoms with E-state index in [0.717, 1.165) is 25.9 Å². The highest BCUT2D eigenvalue weighted by molar-refractivity contribution is 5.76. The van der Waals surface area contributed by atoms with Crippen LogP contribution in [0.25, 0.3) is 0 Å². The van der Waals surface area contributed by atoms with Crippen molar-refractivity contribution in [2.75, 3.05) is 13.1 Å². The van der Waals surface area contributed by atoms with E-state index in [1.165, 1.54) is 6.42 Å². The van der Waals surface area contributed by atoms with E-state index in [-0.39, 0.29) is 23.9 Å². The average molecular weight is 270 g/mol. The van der Waals surface area contributed by atoms with Crippen LogP contribution < -0.4 is 5.32 Å². The fraction of sp³-hybridized carbons (Fsp3) is 0.857. The van der Waals surface area contributed by atoms with Crippen molar-refractivity contribution in [3.63, 3.8) is 0 Å². The van der Waals surface area contributed by atoms with Gasteiger partial charge >= 0.3 is 12.0 Å². The fourth-order valence-corrected chi connectivity index (χ4v) is 2.49. The van der Waals surface area contributed by atoms with Gasteiger partial charge < -0.3 is 15.3 Å². The molecule has 0 spiro atoms. The molecule has 1 aliphatic heterocycles. The molecular formula is C14H26N2O3. The number of carbonyl (C=O) groups is 2. The molecule has 0 aliphatic carbocycles. The third kappa shape index (κ3) is 6.45. The van der Waals surface area contributed by atoms with E-state index < -0.39 is 5.97 Å². The molecule has 1 heterocycles. The van der Waals surface area contributed by atoms with Gasteiger partial charge in [0, 0.05) is 19.1 Å². The largest absolute Gasteiger partial charge is 0.481 e. The van der Waals surface area contributed by atoms with Gasteiger partial charge in [0.1, 0.15) is 0 Å². The Morgan fingerprint density at radius 2 is 1.79 bits per heavy atom. The molecule has 110 valence electrons. The van der Waals surface area contributed by atoms with Crippen molar-refractivity contribution >= 4 is 12.0 Å². The van der Waals surface area contributed by atoms with Gasteiger partial charge in [-0.2, -0.15) is 0 Å². The zero-order valence-electron chi connectivity index (χ0n) is 12.2. The molecular weight excluding hydrogens is 244 g/mol. The topological polar surface area (TPSA) is 69.6 Å². The molecule has 1 aliphatic rings. The zero-order valence-corrected chi connectivity index (χ0v) is 12.2. The minimum atomic E-state index is -0.867. The highest BCUT2D eigenvalue weighted by atomic mass is 16.4. The predicted octanol–water partition coefficient (Wildman–Crippen LogP) is 2.46. The van der Waals surface area contributed by atoms with Crippen LogP contribution in [0.4, 0.5) is 4.79 Å². The SMILES string of the molecule is CC(C)(C)CC(CC(=O)O)NC(=O)N1CCCCC1. The molecule has 1 atom stereocenters. The summed E-state index contributed by atoms with van der Waals surface area (Å²) < 4.78 is 0. The first-order chi connectivity index (χ1) is 8.78. The van der Waals surface area contributed by atoms with E-state index in [0.29, 0.717) is 6.42 Å². The number of aliphatic carboxylic acids is 1. The van der Waals surface area contributed by atoms with E-state index in [9.17, 15) is 9.59 Å². The number of hydrogen-bond acceptors (Lipinski definition) is 2. The van der Waals surface area contributed by atoms with Crippen LogP contribution in [0.15, 0.2) is 0 Å². The van der Waals surface area contributed by atoms with Crippen LogP contribution in [0, 0.1) is 5.41 Å². The highest BCUT2D eigenvalue weighted by Crippen LogP contribution is 2.22. The van der Waals surface area contributed by atoms with Crippen LogP contribution in [-0.4, -0.2) is 41.1 Å². The lowest BCUT2D eigenvalue weighted by atomic mass is 9.87. The lowest BCUT2D eigenvalue weighted by molar-refractivity contribution is -0.137. The molecule has 0 radical (unpaired) electrons. The standard InChI is InChI=1S/C14H26N2O3/c1-14(2,3)10-11(9-12(17)18)15-13(19)16-7-5-4-6-8-16/h11H,4-10H2,1-3H3,(H,15,19)(H,17,18). The van der Waals surface area contributed by atoms with Gasteiger partial charge in [-0.05, 0) is 31.1 Å². The maximum Gasteiger partial charge on any atom is 0.317 e. The Morgan fingerprint density at radius 1 is 1.21 bits per heavy atom. The lowest BCUT2D eigenvalue weighted by Gasteiger charge is -2.31. The summed E-state index contributed by atoms with van der Waals surface area (Å²) in [5.41, 5.74) is -0.00467. The molecule has 19 heavy (non-hydrogen) atoms. The number of nitrogens with zero attached hydrogens (tertiary/aromatic N) is 1.